The van der Waals surface area contributed by atoms with E-state index in [4.69, 9.17) is 9.47 Å². The summed E-state index contributed by atoms with van der Waals surface area (Å²) in [6.45, 7) is 10.3. The van der Waals surface area contributed by atoms with Gasteiger partial charge in [-0.1, -0.05) is 6.92 Å². The number of allylic oxidation sites excluding steroid dienone is 2. The van der Waals surface area contributed by atoms with Crippen LogP contribution in [-0.4, -0.2) is 37.1 Å². The van der Waals surface area contributed by atoms with E-state index in [0.717, 1.165) is 0 Å². The largest absolute Gasteiger partial charge is 0.466 e. The van der Waals surface area contributed by atoms with Crippen LogP contribution in [-0.2, 0) is 23.9 Å². The minimum atomic E-state index is -0.616. The highest BCUT2D eigenvalue weighted by atomic mass is 16.6. The van der Waals surface area contributed by atoms with Gasteiger partial charge in [0, 0.05) is 22.9 Å². The fourth-order valence-electron chi connectivity index (χ4n) is 2.64. The van der Waals surface area contributed by atoms with Gasteiger partial charge >= 0.3 is 11.9 Å². The molecule has 1 rings (SSSR count). The Labute approximate surface area is 142 Å². The first-order chi connectivity index (χ1) is 11.0. The van der Waals surface area contributed by atoms with Gasteiger partial charge in [0.1, 0.15) is 12.1 Å². The van der Waals surface area contributed by atoms with Gasteiger partial charge in [0.25, 0.3) is 0 Å². The number of hydrogen-bond acceptors (Lipinski definition) is 6. The Morgan fingerprint density at radius 3 is 2.17 bits per heavy atom. The summed E-state index contributed by atoms with van der Waals surface area (Å²) in [6.07, 6.45) is 0. The van der Waals surface area contributed by atoms with Crippen molar-refractivity contribution in [3.05, 3.63) is 22.5 Å². The van der Waals surface area contributed by atoms with Crippen molar-refractivity contribution in [1.82, 2.24) is 10.6 Å². The molecule has 0 saturated carbocycles. The van der Waals surface area contributed by atoms with Crippen LogP contribution in [0.25, 0.3) is 0 Å². The zero-order valence-electron chi connectivity index (χ0n) is 15.3. The van der Waals surface area contributed by atoms with Gasteiger partial charge in [-0.25, -0.2) is 4.79 Å². The van der Waals surface area contributed by atoms with Crippen LogP contribution >= 0.6 is 0 Å². The SMILES string of the molecule is COC(=O)C1=C(C)NC(C)=C(C(=O)NCC(=O)OC(C)(C)C)C1C. The summed E-state index contributed by atoms with van der Waals surface area (Å²) < 4.78 is 9.94. The Morgan fingerprint density at radius 1 is 1.12 bits per heavy atom. The van der Waals surface area contributed by atoms with Gasteiger partial charge < -0.3 is 20.1 Å². The maximum Gasteiger partial charge on any atom is 0.336 e. The Morgan fingerprint density at radius 2 is 1.67 bits per heavy atom. The number of hydrogen-bond donors (Lipinski definition) is 2. The van der Waals surface area contributed by atoms with Gasteiger partial charge in [-0.15, -0.1) is 0 Å². The van der Waals surface area contributed by atoms with Crippen molar-refractivity contribution in [2.45, 2.75) is 47.1 Å². The van der Waals surface area contributed by atoms with E-state index in [0.29, 0.717) is 22.5 Å². The third kappa shape index (κ3) is 4.84. The quantitative estimate of drug-likeness (QED) is 0.753. The summed E-state index contributed by atoms with van der Waals surface area (Å²) in [7, 11) is 1.29. The van der Waals surface area contributed by atoms with Gasteiger partial charge in [0.05, 0.1) is 12.7 Å². The number of carbonyl (C=O) groups is 3. The maximum atomic E-state index is 12.5. The first-order valence-corrected chi connectivity index (χ1v) is 7.74. The summed E-state index contributed by atoms with van der Waals surface area (Å²) in [5, 5.41) is 5.56. The van der Waals surface area contributed by atoms with E-state index in [1.807, 2.05) is 0 Å². The molecule has 0 aromatic rings. The predicted octanol–water partition coefficient (Wildman–Crippen LogP) is 1.40. The zero-order valence-corrected chi connectivity index (χ0v) is 15.3. The molecule has 0 radical (unpaired) electrons. The molecule has 0 aromatic carbocycles. The molecule has 134 valence electrons. The first kappa shape index (κ1) is 19.7. The smallest absolute Gasteiger partial charge is 0.336 e. The van der Waals surface area contributed by atoms with E-state index < -0.39 is 29.4 Å². The molecule has 0 spiro atoms. The molecule has 24 heavy (non-hydrogen) atoms. The Hall–Kier alpha value is -2.31. The number of methoxy groups -OCH3 is 1. The first-order valence-electron chi connectivity index (χ1n) is 7.74. The predicted molar refractivity (Wildman–Crippen MR) is 88.6 cm³/mol. The highest BCUT2D eigenvalue weighted by Crippen LogP contribution is 2.29. The van der Waals surface area contributed by atoms with Crippen molar-refractivity contribution in [2.75, 3.05) is 13.7 Å². The maximum absolute atomic E-state index is 12.5. The van der Waals surface area contributed by atoms with Crippen LogP contribution in [0.5, 0.6) is 0 Å². The molecule has 7 nitrogen and oxygen atoms in total. The lowest BCUT2D eigenvalue weighted by atomic mass is 9.86. The van der Waals surface area contributed by atoms with Crippen molar-refractivity contribution < 1.29 is 23.9 Å². The van der Waals surface area contributed by atoms with E-state index in [-0.39, 0.29) is 6.54 Å². The van der Waals surface area contributed by atoms with Crippen molar-refractivity contribution >= 4 is 17.8 Å². The summed E-state index contributed by atoms with van der Waals surface area (Å²) >= 11 is 0. The van der Waals surface area contributed by atoms with Crippen LogP contribution in [0, 0.1) is 5.92 Å². The monoisotopic (exact) mass is 338 g/mol. The van der Waals surface area contributed by atoms with Crippen molar-refractivity contribution in [3.63, 3.8) is 0 Å². The molecule has 0 aliphatic carbocycles. The number of nitrogens with one attached hydrogen (secondary N) is 2. The summed E-state index contributed by atoms with van der Waals surface area (Å²) in [4.78, 5) is 36.1. The highest BCUT2D eigenvalue weighted by Gasteiger charge is 2.32. The number of carbonyl (C=O) groups excluding carboxylic acids is 3. The normalized spacial score (nSPS) is 18.0. The number of dihydropyridines is 1. The minimum absolute atomic E-state index is 0.240. The second kappa shape index (κ2) is 7.51. The molecule has 0 fully saturated rings. The number of rotatable bonds is 4. The van der Waals surface area contributed by atoms with Gasteiger partial charge in [-0.3, -0.25) is 9.59 Å². The third-order valence-electron chi connectivity index (χ3n) is 3.51. The van der Waals surface area contributed by atoms with Gasteiger partial charge in [-0.05, 0) is 34.6 Å². The average molecular weight is 338 g/mol. The molecular formula is C17H26N2O5. The fourth-order valence-corrected chi connectivity index (χ4v) is 2.64. The van der Waals surface area contributed by atoms with Crippen molar-refractivity contribution in [3.8, 4) is 0 Å². The van der Waals surface area contributed by atoms with Crippen LogP contribution in [0.4, 0.5) is 0 Å². The van der Waals surface area contributed by atoms with Crippen LogP contribution < -0.4 is 10.6 Å². The van der Waals surface area contributed by atoms with E-state index in [2.05, 4.69) is 10.6 Å². The number of esters is 2. The lowest BCUT2D eigenvalue weighted by Crippen LogP contribution is -2.39. The molecule has 1 unspecified atom stereocenters. The van der Waals surface area contributed by atoms with Gasteiger partial charge in [-0.2, -0.15) is 0 Å². The molecule has 0 aromatic heterocycles. The molecule has 7 heteroatoms. The topological polar surface area (TPSA) is 93.7 Å². The van der Waals surface area contributed by atoms with Crippen molar-refractivity contribution in [1.29, 1.82) is 0 Å². The Balaban J connectivity index is 2.85. The lowest BCUT2D eigenvalue weighted by molar-refractivity contribution is -0.154. The second-order valence-corrected chi connectivity index (χ2v) is 6.68. The second-order valence-electron chi connectivity index (χ2n) is 6.68. The standard InChI is InChI=1S/C17H26N2O5/c1-9-13(10(2)19-11(3)14(9)16(22)23-7)15(21)18-8-12(20)24-17(4,5)6/h9,19H,8H2,1-7H3,(H,18,21). The third-order valence-corrected chi connectivity index (χ3v) is 3.51. The highest BCUT2D eigenvalue weighted by molar-refractivity contribution is 6.00. The molecule has 2 N–H and O–H groups in total. The average Bonchev–Trinajstić information content (AvgIpc) is 2.42. The Bertz CT molecular complexity index is 611. The molecule has 1 aliphatic rings. The summed E-state index contributed by atoms with van der Waals surface area (Å²) in [5.74, 6) is -1.88. The van der Waals surface area contributed by atoms with E-state index in [1.54, 1.807) is 41.5 Å². The fraction of sp³-hybridized carbons (Fsp3) is 0.588. The summed E-state index contributed by atoms with van der Waals surface area (Å²) in [6, 6.07) is 0. The minimum Gasteiger partial charge on any atom is -0.466 e. The molecule has 0 saturated heterocycles. The van der Waals surface area contributed by atoms with Gasteiger partial charge in [0.15, 0.2) is 0 Å². The lowest BCUT2D eigenvalue weighted by Gasteiger charge is -2.28. The van der Waals surface area contributed by atoms with Crippen LogP contribution in [0.1, 0.15) is 41.5 Å². The molecular weight excluding hydrogens is 312 g/mol. The Kier molecular flexibility index (Phi) is 6.17. The van der Waals surface area contributed by atoms with Crippen LogP contribution in [0.15, 0.2) is 22.5 Å². The molecule has 1 atom stereocenters. The number of amides is 1. The number of ether oxygens (including phenoxy) is 2. The van der Waals surface area contributed by atoms with E-state index in [1.165, 1.54) is 7.11 Å². The molecule has 0 bridgehead atoms. The summed E-state index contributed by atoms with van der Waals surface area (Å²) in [5.41, 5.74) is 1.45. The van der Waals surface area contributed by atoms with Crippen LogP contribution in [0.2, 0.25) is 0 Å². The van der Waals surface area contributed by atoms with Crippen LogP contribution in [0.3, 0.4) is 0 Å². The molecule has 1 amide bonds. The molecule has 1 heterocycles. The van der Waals surface area contributed by atoms with Gasteiger partial charge in [0.2, 0.25) is 5.91 Å². The molecule has 1 aliphatic heterocycles. The van der Waals surface area contributed by atoms with E-state index in [9.17, 15) is 14.4 Å². The van der Waals surface area contributed by atoms with Crippen molar-refractivity contribution in [2.24, 2.45) is 5.92 Å². The van der Waals surface area contributed by atoms with E-state index >= 15 is 0 Å². The zero-order chi connectivity index (χ0) is 18.7.